The lowest BCUT2D eigenvalue weighted by molar-refractivity contribution is -0.137. The number of alkyl halides is 3. The van der Waals surface area contributed by atoms with Gasteiger partial charge in [-0.2, -0.15) is 18.4 Å². The van der Waals surface area contributed by atoms with Crippen LogP contribution in [0.3, 0.4) is 0 Å². The molecule has 18 heteroatoms. The minimum atomic E-state index is -4.72. The van der Waals surface area contributed by atoms with Gasteiger partial charge in [0.2, 0.25) is 0 Å². The Morgan fingerprint density at radius 2 is 0.684 bits per heavy atom. The molecule has 0 radical (unpaired) electrons. The summed E-state index contributed by atoms with van der Waals surface area (Å²) in [6.07, 6.45) is -4.72. The molecule has 6 aromatic carbocycles. The Morgan fingerprint density at radius 3 is 1.00 bits per heavy atom. The van der Waals surface area contributed by atoms with Crippen molar-refractivity contribution in [1.82, 2.24) is 68.9 Å². The minimum absolute atomic E-state index is 0.254. The number of benzene rings is 6. The van der Waals surface area contributed by atoms with E-state index in [1.54, 1.807) is 18.2 Å². The minimum Gasteiger partial charge on any atom is -0.309 e. The van der Waals surface area contributed by atoms with E-state index in [1.165, 1.54) is 12.1 Å². The van der Waals surface area contributed by atoms with E-state index in [2.05, 4.69) is 65.9 Å². The van der Waals surface area contributed by atoms with E-state index in [0.29, 0.717) is 114 Å². The van der Waals surface area contributed by atoms with Crippen LogP contribution in [0, 0.1) is 66.7 Å². The first-order valence-corrected chi connectivity index (χ1v) is 24.2. The molecule has 12 aromatic rings. The van der Waals surface area contributed by atoms with Crippen LogP contribution in [0.1, 0.15) is 57.7 Å². The molecule has 0 aliphatic heterocycles. The number of hydrogen-bond acceptors (Lipinski definition) is 13. The van der Waals surface area contributed by atoms with Crippen LogP contribution in [0.4, 0.5) is 13.2 Å². The number of rotatable bonds is 7. The highest BCUT2D eigenvalue weighted by atomic mass is 19.4. The lowest BCUT2D eigenvalue weighted by atomic mass is 9.97. The smallest absolute Gasteiger partial charge is 0.309 e. The second kappa shape index (κ2) is 17.7. The van der Waals surface area contributed by atoms with E-state index in [9.17, 15) is 5.26 Å². The Balaban J connectivity index is 1.16. The first-order chi connectivity index (χ1) is 36.5. The summed E-state index contributed by atoms with van der Waals surface area (Å²) in [6, 6.07) is 34.6. The SMILES string of the molecule is Cc1nc(C)nc(-c2ccc3c(c2)c2cc(-c4nc(C)nc(C)n4)ccc2n3-c2ccc(C(F)(F)F)cc2-c2ccc(C#N)cc2-n2c3ccc(-c4nc(C)nc(C)n4)cc3c3cc(-c4nc(C)nc(C)n4)ccc32)n1. The molecule has 6 aromatic heterocycles. The van der Waals surface area contributed by atoms with Crippen LogP contribution in [0.2, 0.25) is 0 Å². The van der Waals surface area contributed by atoms with Gasteiger partial charge in [-0.05, 0) is 159 Å². The summed E-state index contributed by atoms with van der Waals surface area (Å²) < 4.78 is 49.7. The fraction of sp³-hybridized carbons (Fsp3) is 0.155. The zero-order valence-electron chi connectivity index (χ0n) is 42.2. The van der Waals surface area contributed by atoms with Crippen LogP contribution in [0.25, 0.3) is 112 Å². The van der Waals surface area contributed by atoms with Crippen molar-refractivity contribution in [3.63, 3.8) is 0 Å². The summed E-state index contributed by atoms with van der Waals surface area (Å²) in [4.78, 5) is 54.9. The molecule has 0 bridgehead atoms. The Bertz CT molecular complexity index is 4180. The quantitative estimate of drug-likeness (QED) is 0.147. The maximum absolute atomic E-state index is 15.2. The van der Waals surface area contributed by atoms with E-state index in [-0.39, 0.29) is 5.56 Å². The topological polar surface area (TPSA) is 188 Å². The van der Waals surface area contributed by atoms with Crippen LogP contribution in [0.15, 0.2) is 109 Å². The fourth-order valence-corrected chi connectivity index (χ4v) is 10.2. The van der Waals surface area contributed by atoms with Gasteiger partial charge < -0.3 is 9.13 Å². The Kier molecular flexibility index (Phi) is 11.0. The predicted molar refractivity (Wildman–Crippen MR) is 283 cm³/mol. The van der Waals surface area contributed by atoms with Gasteiger partial charge in [-0.3, -0.25) is 0 Å². The third kappa shape index (κ3) is 8.27. The fourth-order valence-electron chi connectivity index (χ4n) is 10.2. The van der Waals surface area contributed by atoms with Crippen molar-refractivity contribution in [2.75, 3.05) is 0 Å². The highest BCUT2D eigenvalue weighted by Gasteiger charge is 2.33. The summed E-state index contributed by atoms with van der Waals surface area (Å²) in [5.74, 6) is 6.42. The molecule has 0 saturated heterocycles. The van der Waals surface area contributed by atoms with E-state index >= 15 is 13.2 Å². The third-order valence-corrected chi connectivity index (χ3v) is 13.2. The van der Waals surface area contributed by atoms with Gasteiger partial charge in [0.15, 0.2) is 23.3 Å². The Labute approximate surface area is 432 Å². The lowest BCUT2D eigenvalue weighted by Crippen LogP contribution is -2.08. The van der Waals surface area contributed by atoms with Gasteiger partial charge >= 0.3 is 6.18 Å². The van der Waals surface area contributed by atoms with Crippen molar-refractivity contribution in [1.29, 1.82) is 5.26 Å². The zero-order chi connectivity index (χ0) is 52.9. The van der Waals surface area contributed by atoms with Crippen LogP contribution in [-0.4, -0.2) is 68.9 Å². The highest BCUT2D eigenvalue weighted by Crippen LogP contribution is 2.45. The number of fused-ring (bicyclic) bond motifs is 6. The number of aromatic nitrogens is 14. The monoisotopic (exact) mass is 1010 g/mol. The lowest BCUT2D eigenvalue weighted by Gasteiger charge is -2.20. The molecule has 6 heterocycles. The molecule has 0 saturated carbocycles. The third-order valence-electron chi connectivity index (χ3n) is 13.2. The molecule has 0 aliphatic rings. The van der Waals surface area contributed by atoms with Gasteiger partial charge in [-0.25, -0.2) is 59.8 Å². The number of hydrogen-bond donors (Lipinski definition) is 0. The molecule has 0 spiro atoms. The molecule has 370 valence electrons. The van der Waals surface area contributed by atoms with E-state index in [1.807, 2.05) is 137 Å². The standard InChI is InChI=1S/C58H42F3N15/c1-28-63-29(2)68-54(67-28)37-10-16-48-43(22-37)44-23-38(55-69-30(3)64-31(4)70-55)11-17-49(44)75(48)52-20-14-41(58(59,60)61)26-47(52)42-15-9-36(27-62)21-53(42)76-50-18-12-39(56-71-32(5)65-33(6)72-56)24-45(50)46-25-40(13-19-51(46)76)57-73-34(7)66-35(8)74-57/h9-26H,1-8H3. The number of nitrogens with zero attached hydrogens (tertiary/aromatic N) is 15. The van der Waals surface area contributed by atoms with Gasteiger partial charge in [-0.15, -0.1) is 0 Å². The molecule has 0 N–H and O–H groups in total. The summed E-state index contributed by atoms with van der Waals surface area (Å²) >= 11 is 0. The van der Waals surface area contributed by atoms with Gasteiger partial charge in [-0.1, -0.05) is 6.07 Å². The molecule has 0 fully saturated rings. The van der Waals surface area contributed by atoms with Crippen LogP contribution < -0.4 is 0 Å². The summed E-state index contributed by atoms with van der Waals surface area (Å²) in [5, 5.41) is 13.7. The number of nitriles is 1. The molecule has 76 heavy (non-hydrogen) atoms. The average Bonchev–Trinajstić information content (AvgIpc) is 3.93. The van der Waals surface area contributed by atoms with Crippen molar-refractivity contribution >= 4 is 43.6 Å². The second-order valence-electron chi connectivity index (χ2n) is 18.7. The molecule has 0 unspecified atom stereocenters. The van der Waals surface area contributed by atoms with E-state index in [4.69, 9.17) is 0 Å². The van der Waals surface area contributed by atoms with Gasteiger partial charge in [0.05, 0.1) is 50.6 Å². The van der Waals surface area contributed by atoms with E-state index < -0.39 is 11.7 Å². The van der Waals surface area contributed by atoms with Crippen molar-refractivity contribution < 1.29 is 13.2 Å². The van der Waals surface area contributed by atoms with Gasteiger partial charge in [0.25, 0.3) is 0 Å². The largest absolute Gasteiger partial charge is 0.416 e. The Hall–Kier alpha value is -9.76. The number of aryl methyl sites for hydroxylation is 8. The van der Waals surface area contributed by atoms with Crippen LogP contribution in [-0.2, 0) is 6.18 Å². The first kappa shape index (κ1) is 47.3. The average molecular weight is 1010 g/mol. The molecule has 12 rings (SSSR count). The van der Waals surface area contributed by atoms with Crippen molar-refractivity contribution in [2.45, 2.75) is 61.6 Å². The van der Waals surface area contributed by atoms with Crippen LogP contribution >= 0.6 is 0 Å². The van der Waals surface area contributed by atoms with Crippen molar-refractivity contribution in [2.24, 2.45) is 0 Å². The second-order valence-corrected chi connectivity index (χ2v) is 18.7. The maximum Gasteiger partial charge on any atom is 0.416 e. The van der Waals surface area contributed by atoms with Gasteiger partial charge in [0.1, 0.15) is 46.6 Å². The molecule has 0 aliphatic carbocycles. The van der Waals surface area contributed by atoms with Crippen molar-refractivity contribution in [3.05, 3.63) is 167 Å². The summed E-state index contributed by atoms with van der Waals surface area (Å²) in [6.45, 7) is 14.5. The molecular weight excluding hydrogens is 964 g/mol. The van der Waals surface area contributed by atoms with Crippen LogP contribution in [0.5, 0.6) is 0 Å². The maximum atomic E-state index is 15.2. The molecule has 0 amide bonds. The zero-order valence-corrected chi connectivity index (χ0v) is 42.2. The number of halogens is 3. The predicted octanol–water partition coefficient (Wildman–Crippen LogP) is 12.3. The molecule has 0 atom stereocenters. The normalized spacial score (nSPS) is 11.9. The van der Waals surface area contributed by atoms with Crippen molar-refractivity contribution in [3.8, 4) is 74.1 Å². The summed E-state index contributed by atoms with van der Waals surface area (Å²) in [7, 11) is 0. The molecule has 15 nitrogen and oxygen atoms in total. The highest BCUT2D eigenvalue weighted by molar-refractivity contribution is 6.13. The first-order valence-electron chi connectivity index (χ1n) is 24.2. The Morgan fingerprint density at radius 1 is 0.355 bits per heavy atom. The van der Waals surface area contributed by atoms with Gasteiger partial charge in [0, 0.05) is 54.9 Å². The molecular formula is C58H42F3N15. The van der Waals surface area contributed by atoms with E-state index in [0.717, 1.165) is 49.9 Å². The summed E-state index contributed by atoms with van der Waals surface area (Å²) in [5.41, 5.74) is 6.73.